The third-order valence-corrected chi connectivity index (χ3v) is 4.55. The van der Waals surface area contributed by atoms with Gasteiger partial charge in [-0.1, -0.05) is 42.2 Å². The molecule has 0 bridgehead atoms. The van der Waals surface area contributed by atoms with Crippen molar-refractivity contribution in [2.24, 2.45) is 0 Å². The number of rotatable bonds is 4. The van der Waals surface area contributed by atoms with E-state index < -0.39 is 0 Å². The van der Waals surface area contributed by atoms with Crippen molar-refractivity contribution in [3.8, 4) is 0 Å². The molecule has 0 spiro atoms. The number of nitrogens with one attached hydrogen (secondary N) is 1. The van der Waals surface area contributed by atoms with Crippen LogP contribution in [0.2, 0.25) is 0 Å². The summed E-state index contributed by atoms with van der Waals surface area (Å²) >= 11 is 6.40. The average molecular weight is 345 g/mol. The van der Waals surface area contributed by atoms with Crippen LogP contribution in [0.3, 0.4) is 0 Å². The fourth-order valence-electron chi connectivity index (χ4n) is 2.01. The predicted molar refractivity (Wildman–Crippen MR) is 94.1 cm³/mol. The van der Waals surface area contributed by atoms with E-state index in [2.05, 4.69) is 10.3 Å². The van der Waals surface area contributed by atoms with Crippen molar-refractivity contribution in [2.75, 3.05) is 12.0 Å². The number of halogens is 1. The first-order valence-electron chi connectivity index (χ1n) is 6.79. The van der Waals surface area contributed by atoms with Crippen LogP contribution >= 0.6 is 24.0 Å². The molecule has 0 saturated carbocycles. The number of hydrogen-bond donors (Lipinski definition) is 1. The quantitative estimate of drug-likeness (QED) is 0.679. The van der Waals surface area contributed by atoms with Crippen molar-refractivity contribution in [3.63, 3.8) is 0 Å². The fraction of sp³-hybridized carbons (Fsp3) is 0.0625. The van der Waals surface area contributed by atoms with Gasteiger partial charge in [-0.3, -0.25) is 14.7 Å². The van der Waals surface area contributed by atoms with Gasteiger partial charge in [0.2, 0.25) is 0 Å². The molecule has 4 nitrogen and oxygen atoms in total. The molecule has 3 rings (SSSR count). The Morgan fingerprint density at radius 2 is 2.13 bits per heavy atom. The standard InChI is InChI=1S/C16H12FN3OS2/c17-13-6-2-1-4-11(13)8-14-15(21)20(16(22)23-14)10-19-12-5-3-7-18-9-12/h1-9,19H,10H2. The second kappa shape index (κ2) is 6.89. The van der Waals surface area contributed by atoms with Gasteiger partial charge in [-0.2, -0.15) is 0 Å². The Kier molecular flexibility index (Phi) is 4.68. The van der Waals surface area contributed by atoms with Crippen LogP contribution in [0.1, 0.15) is 5.56 Å². The maximum absolute atomic E-state index is 13.7. The first-order valence-corrected chi connectivity index (χ1v) is 8.01. The zero-order valence-electron chi connectivity index (χ0n) is 11.9. The molecule has 0 radical (unpaired) electrons. The van der Waals surface area contributed by atoms with Gasteiger partial charge in [0.25, 0.3) is 5.91 Å². The monoisotopic (exact) mass is 345 g/mol. The lowest BCUT2D eigenvalue weighted by Gasteiger charge is -2.15. The molecule has 1 aromatic carbocycles. The Balaban J connectivity index is 1.74. The Morgan fingerprint density at radius 3 is 2.87 bits per heavy atom. The van der Waals surface area contributed by atoms with Gasteiger partial charge in [0.05, 0.1) is 17.3 Å². The zero-order chi connectivity index (χ0) is 16.2. The lowest BCUT2D eigenvalue weighted by Crippen LogP contribution is -2.33. The van der Waals surface area contributed by atoms with Crippen LogP contribution in [0.15, 0.2) is 53.7 Å². The molecule has 0 atom stereocenters. The Labute approximate surface area is 142 Å². The maximum atomic E-state index is 13.7. The molecule has 1 amide bonds. The van der Waals surface area contributed by atoms with Crippen molar-refractivity contribution in [2.45, 2.75) is 0 Å². The lowest BCUT2D eigenvalue weighted by molar-refractivity contribution is -0.121. The molecule has 0 aliphatic carbocycles. The fourth-order valence-corrected chi connectivity index (χ4v) is 3.25. The molecule has 1 aliphatic rings. The Bertz CT molecular complexity index is 780. The number of thioether (sulfide) groups is 1. The third kappa shape index (κ3) is 3.57. The molecule has 2 heterocycles. The number of hydrogen-bond acceptors (Lipinski definition) is 5. The number of anilines is 1. The van der Waals surface area contributed by atoms with Gasteiger partial charge in [0.15, 0.2) is 0 Å². The van der Waals surface area contributed by atoms with Crippen LogP contribution in [0.5, 0.6) is 0 Å². The molecule has 116 valence electrons. The molecule has 0 unspecified atom stereocenters. The zero-order valence-corrected chi connectivity index (χ0v) is 13.5. The molecule has 1 fully saturated rings. The topological polar surface area (TPSA) is 45.2 Å². The molecule has 1 saturated heterocycles. The summed E-state index contributed by atoms with van der Waals surface area (Å²) in [5.41, 5.74) is 1.16. The minimum absolute atomic E-state index is 0.236. The van der Waals surface area contributed by atoms with Crippen LogP contribution in [-0.4, -0.2) is 26.8 Å². The highest BCUT2D eigenvalue weighted by molar-refractivity contribution is 8.26. The van der Waals surface area contributed by atoms with Crippen molar-refractivity contribution < 1.29 is 9.18 Å². The number of amides is 1. The summed E-state index contributed by atoms with van der Waals surface area (Å²) in [5, 5.41) is 3.08. The van der Waals surface area contributed by atoms with Crippen molar-refractivity contribution in [1.82, 2.24) is 9.88 Å². The highest BCUT2D eigenvalue weighted by Crippen LogP contribution is 2.32. The molecular weight excluding hydrogens is 333 g/mol. The highest BCUT2D eigenvalue weighted by Gasteiger charge is 2.31. The van der Waals surface area contributed by atoms with Gasteiger partial charge in [-0.15, -0.1) is 0 Å². The number of nitrogens with zero attached hydrogens (tertiary/aromatic N) is 2. The maximum Gasteiger partial charge on any atom is 0.267 e. The van der Waals surface area contributed by atoms with Gasteiger partial charge in [0.1, 0.15) is 10.1 Å². The number of aromatic nitrogens is 1. The molecule has 2 aromatic rings. The van der Waals surface area contributed by atoms with Gasteiger partial charge in [0, 0.05) is 18.0 Å². The Hall–Kier alpha value is -2.25. The number of pyridine rings is 1. The summed E-state index contributed by atoms with van der Waals surface area (Å²) in [6, 6.07) is 9.95. The van der Waals surface area contributed by atoms with Crippen LogP contribution in [0, 0.1) is 5.82 Å². The summed E-state index contributed by atoms with van der Waals surface area (Å²) < 4.78 is 14.1. The highest BCUT2D eigenvalue weighted by atomic mass is 32.2. The van der Waals surface area contributed by atoms with E-state index in [0.717, 1.165) is 5.69 Å². The van der Waals surface area contributed by atoms with E-state index >= 15 is 0 Å². The van der Waals surface area contributed by atoms with Gasteiger partial charge in [-0.05, 0) is 24.3 Å². The van der Waals surface area contributed by atoms with Crippen molar-refractivity contribution >= 4 is 46.0 Å². The number of thiocarbonyl (C=S) groups is 1. The predicted octanol–water partition coefficient (Wildman–Crippen LogP) is 3.49. The van der Waals surface area contributed by atoms with E-state index in [9.17, 15) is 9.18 Å². The summed E-state index contributed by atoms with van der Waals surface area (Å²) in [7, 11) is 0. The van der Waals surface area contributed by atoms with E-state index in [4.69, 9.17) is 12.2 Å². The summed E-state index contributed by atoms with van der Waals surface area (Å²) in [6.45, 7) is 0.241. The first-order chi connectivity index (χ1) is 11.1. The van der Waals surface area contributed by atoms with Crippen LogP contribution in [-0.2, 0) is 4.79 Å². The molecule has 1 N–H and O–H groups in total. The summed E-state index contributed by atoms with van der Waals surface area (Å²) in [4.78, 5) is 18.3. The smallest absolute Gasteiger partial charge is 0.267 e. The minimum atomic E-state index is -0.369. The first kappa shape index (κ1) is 15.6. The van der Waals surface area contributed by atoms with Crippen molar-refractivity contribution in [3.05, 3.63) is 65.1 Å². The van der Waals surface area contributed by atoms with E-state index in [1.807, 2.05) is 6.07 Å². The minimum Gasteiger partial charge on any atom is -0.366 e. The number of benzene rings is 1. The third-order valence-electron chi connectivity index (χ3n) is 3.17. The SMILES string of the molecule is O=C1C(=Cc2ccccc2F)SC(=S)N1CNc1cccnc1. The van der Waals surface area contributed by atoms with E-state index in [0.29, 0.717) is 14.8 Å². The average Bonchev–Trinajstić information content (AvgIpc) is 2.82. The van der Waals surface area contributed by atoms with E-state index in [1.165, 1.54) is 28.8 Å². The molecule has 1 aliphatic heterocycles. The second-order valence-electron chi connectivity index (χ2n) is 4.71. The molecule has 7 heteroatoms. The summed E-state index contributed by atoms with van der Waals surface area (Å²) in [6.07, 6.45) is 4.85. The van der Waals surface area contributed by atoms with Crippen molar-refractivity contribution in [1.29, 1.82) is 0 Å². The number of carbonyl (C=O) groups excluding carboxylic acids is 1. The molecular formula is C16H12FN3OS2. The molecule has 1 aromatic heterocycles. The van der Waals surface area contributed by atoms with Gasteiger partial charge in [-0.25, -0.2) is 4.39 Å². The largest absolute Gasteiger partial charge is 0.366 e. The normalized spacial score (nSPS) is 16.2. The lowest BCUT2D eigenvalue weighted by atomic mass is 10.2. The van der Waals surface area contributed by atoms with Crippen LogP contribution < -0.4 is 5.32 Å². The van der Waals surface area contributed by atoms with Crippen LogP contribution in [0.25, 0.3) is 6.08 Å². The second-order valence-corrected chi connectivity index (χ2v) is 6.38. The van der Waals surface area contributed by atoms with E-state index in [1.54, 1.807) is 36.7 Å². The molecule has 23 heavy (non-hydrogen) atoms. The summed E-state index contributed by atoms with van der Waals surface area (Å²) in [5.74, 6) is -0.606. The van der Waals surface area contributed by atoms with E-state index in [-0.39, 0.29) is 18.4 Å². The van der Waals surface area contributed by atoms with Crippen LogP contribution in [0.4, 0.5) is 10.1 Å². The Morgan fingerprint density at radius 1 is 1.30 bits per heavy atom. The van der Waals surface area contributed by atoms with Gasteiger partial charge >= 0.3 is 0 Å². The van der Waals surface area contributed by atoms with Gasteiger partial charge < -0.3 is 5.32 Å². The number of carbonyl (C=O) groups is 1.